The number of hydrogen-bond donors (Lipinski definition) is 1. The molecule has 0 amide bonds. The van der Waals surface area contributed by atoms with Gasteiger partial charge in [0.05, 0.1) is 0 Å². The van der Waals surface area contributed by atoms with E-state index < -0.39 is 0 Å². The molecule has 96 valence electrons. The van der Waals surface area contributed by atoms with E-state index in [1.165, 1.54) is 32.6 Å². The number of nitrogens with one attached hydrogen (secondary N) is 1. The first-order valence-electron chi connectivity index (χ1n) is 6.76. The van der Waals surface area contributed by atoms with Crippen LogP contribution in [0.4, 0.5) is 0 Å². The summed E-state index contributed by atoms with van der Waals surface area (Å²) in [6, 6.07) is 0.664. The second kappa shape index (κ2) is 7.25. The van der Waals surface area contributed by atoms with Crippen LogP contribution in [0, 0.1) is 5.92 Å². The van der Waals surface area contributed by atoms with Crippen molar-refractivity contribution < 1.29 is 0 Å². The van der Waals surface area contributed by atoms with Crippen molar-refractivity contribution in [3.05, 3.63) is 0 Å². The van der Waals surface area contributed by atoms with Gasteiger partial charge >= 0.3 is 0 Å². The minimum Gasteiger partial charge on any atom is -0.314 e. The van der Waals surface area contributed by atoms with Crippen molar-refractivity contribution >= 4 is 0 Å². The molecule has 1 aliphatic rings. The molecule has 1 aliphatic heterocycles. The molecule has 3 heteroatoms. The van der Waals surface area contributed by atoms with Crippen LogP contribution in [-0.2, 0) is 0 Å². The molecule has 1 saturated heterocycles. The number of rotatable bonds is 6. The van der Waals surface area contributed by atoms with Gasteiger partial charge in [0, 0.05) is 45.3 Å². The summed E-state index contributed by atoms with van der Waals surface area (Å²) in [4.78, 5) is 5.08. The van der Waals surface area contributed by atoms with Gasteiger partial charge in [0.25, 0.3) is 0 Å². The zero-order valence-electron chi connectivity index (χ0n) is 11.5. The van der Waals surface area contributed by atoms with Crippen LogP contribution in [0.25, 0.3) is 0 Å². The number of nitrogens with zero attached hydrogens (tertiary/aromatic N) is 2. The van der Waals surface area contributed by atoms with Crippen molar-refractivity contribution in [3.63, 3.8) is 0 Å². The lowest BCUT2D eigenvalue weighted by atomic mass is 10.0. The van der Waals surface area contributed by atoms with E-state index >= 15 is 0 Å². The van der Waals surface area contributed by atoms with E-state index in [1.807, 2.05) is 0 Å². The van der Waals surface area contributed by atoms with Crippen LogP contribution in [0.1, 0.15) is 27.2 Å². The first kappa shape index (κ1) is 13.9. The maximum absolute atomic E-state index is 3.41. The Bertz CT molecular complexity index is 176. The summed E-state index contributed by atoms with van der Waals surface area (Å²) in [5, 5.41) is 3.41. The third kappa shape index (κ3) is 4.81. The van der Waals surface area contributed by atoms with Crippen LogP contribution in [0.2, 0.25) is 0 Å². The van der Waals surface area contributed by atoms with Crippen molar-refractivity contribution in [2.45, 2.75) is 33.2 Å². The molecule has 16 heavy (non-hydrogen) atoms. The van der Waals surface area contributed by atoms with Crippen LogP contribution >= 0.6 is 0 Å². The third-order valence-electron chi connectivity index (χ3n) is 3.73. The van der Waals surface area contributed by atoms with E-state index in [-0.39, 0.29) is 0 Å². The van der Waals surface area contributed by atoms with E-state index in [1.54, 1.807) is 0 Å². The molecule has 0 aromatic heterocycles. The van der Waals surface area contributed by atoms with Crippen molar-refractivity contribution in [1.82, 2.24) is 15.1 Å². The van der Waals surface area contributed by atoms with Gasteiger partial charge in [0.2, 0.25) is 0 Å². The Morgan fingerprint density at radius 3 is 2.38 bits per heavy atom. The summed E-state index contributed by atoms with van der Waals surface area (Å²) >= 11 is 0. The van der Waals surface area contributed by atoms with E-state index in [4.69, 9.17) is 0 Å². The highest BCUT2D eigenvalue weighted by Gasteiger charge is 2.17. The topological polar surface area (TPSA) is 18.5 Å². The van der Waals surface area contributed by atoms with E-state index in [9.17, 15) is 0 Å². The van der Waals surface area contributed by atoms with Gasteiger partial charge in [0.15, 0.2) is 0 Å². The molecule has 1 heterocycles. The second-order valence-electron chi connectivity index (χ2n) is 5.36. The van der Waals surface area contributed by atoms with Gasteiger partial charge < -0.3 is 15.1 Å². The van der Waals surface area contributed by atoms with Crippen LogP contribution in [0.5, 0.6) is 0 Å². The molecular weight excluding hydrogens is 198 g/mol. The average molecular weight is 227 g/mol. The fourth-order valence-corrected chi connectivity index (χ4v) is 2.19. The molecule has 0 spiro atoms. The fourth-order valence-electron chi connectivity index (χ4n) is 2.19. The Labute approximate surface area is 101 Å². The van der Waals surface area contributed by atoms with Gasteiger partial charge in [-0.05, 0) is 26.8 Å². The molecule has 1 N–H and O–H groups in total. The summed E-state index contributed by atoms with van der Waals surface area (Å²) in [6.45, 7) is 14.2. The smallest absolute Gasteiger partial charge is 0.0107 e. The fraction of sp³-hybridized carbons (Fsp3) is 1.00. The summed E-state index contributed by atoms with van der Waals surface area (Å²) in [5.41, 5.74) is 0. The lowest BCUT2D eigenvalue weighted by Crippen LogP contribution is -2.46. The molecule has 0 bridgehead atoms. The van der Waals surface area contributed by atoms with E-state index in [2.05, 4.69) is 42.9 Å². The Kier molecular flexibility index (Phi) is 6.32. The largest absolute Gasteiger partial charge is 0.314 e. The molecule has 0 aromatic carbocycles. The first-order valence-corrected chi connectivity index (χ1v) is 6.76. The summed E-state index contributed by atoms with van der Waals surface area (Å²) in [7, 11) is 2.24. The van der Waals surface area contributed by atoms with Crippen molar-refractivity contribution in [1.29, 1.82) is 0 Å². The van der Waals surface area contributed by atoms with E-state index in [0.717, 1.165) is 19.0 Å². The van der Waals surface area contributed by atoms with Crippen LogP contribution in [0.3, 0.4) is 0 Å². The van der Waals surface area contributed by atoms with Crippen LogP contribution in [-0.4, -0.2) is 62.2 Å². The molecule has 3 nitrogen and oxygen atoms in total. The van der Waals surface area contributed by atoms with Gasteiger partial charge in [-0.25, -0.2) is 0 Å². The Morgan fingerprint density at radius 1 is 1.25 bits per heavy atom. The molecule has 0 radical (unpaired) electrons. The van der Waals surface area contributed by atoms with Crippen LogP contribution in [0.15, 0.2) is 0 Å². The predicted octanol–water partition coefficient (Wildman–Crippen LogP) is 1.26. The second-order valence-corrected chi connectivity index (χ2v) is 5.36. The quantitative estimate of drug-likeness (QED) is 0.737. The molecule has 0 saturated carbocycles. The normalized spacial score (nSPS) is 20.6. The number of hydrogen-bond acceptors (Lipinski definition) is 3. The lowest BCUT2D eigenvalue weighted by Gasteiger charge is -2.33. The minimum absolute atomic E-state index is 0.664. The lowest BCUT2D eigenvalue weighted by molar-refractivity contribution is 0.160. The summed E-state index contributed by atoms with van der Waals surface area (Å²) in [5.74, 6) is 0.825. The zero-order chi connectivity index (χ0) is 12.0. The Hall–Kier alpha value is -0.120. The highest BCUT2D eigenvalue weighted by molar-refractivity contribution is 4.73. The van der Waals surface area contributed by atoms with Crippen molar-refractivity contribution in [2.75, 3.05) is 46.3 Å². The SMILES string of the molecule is CC[C@H](CN1CCNCC1)CN(C)C(C)C. The molecular formula is C13H29N3. The first-order chi connectivity index (χ1) is 7.63. The highest BCUT2D eigenvalue weighted by Crippen LogP contribution is 2.09. The monoisotopic (exact) mass is 227 g/mol. The van der Waals surface area contributed by atoms with Crippen LogP contribution < -0.4 is 5.32 Å². The molecule has 0 aromatic rings. The Morgan fingerprint density at radius 2 is 1.88 bits per heavy atom. The summed E-state index contributed by atoms with van der Waals surface area (Å²) in [6.07, 6.45) is 1.29. The van der Waals surface area contributed by atoms with Crippen molar-refractivity contribution in [3.8, 4) is 0 Å². The van der Waals surface area contributed by atoms with Gasteiger partial charge in [0.1, 0.15) is 0 Å². The predicted molar refractivity (Wildman–Crippen MR) is 70.9 cm³/mol. The van der Waals surface area contributed by atoms with Gasteiger partial charge in [-0.1, -0.05) is 13.3 Å². The highest BCUT2D eigenvalue weighted by atomic mass is 15.2. The van der Waals surface area contributed by atoms with Gasteiger partial charge in [-0.3, -0.25) is 0 Å². The molecule has 1 atom stereocenters. The minimum atomic E-state index is 0.664. The number of piperazine rings is 1. The van der Waals surface area contributed by atoms with E-state index in [0.29, 0.717) is 6.04 Å². The molecule has 1 fully saturated rings. The molecule has 0 aliphatic carbocycles. The Balaban J connectivity index is 2.29. The summed E-state index contributed by atoms with van der Waals surface area (Å²) < 4.78 is 0. The zero-order valence-corrected chi connectivity index (χ0v) is 11.5. The molecule has 0 unspecified atom stereocenters. The van der Waals surface area contributed by atoms with Gasteiger partial charge in [-0.15, -0.1) is 0 Å². The van der Waals surface area contributed by atoms with Gasteiger partial charge in [-0.2, -0.15) is 0 Å². The standard InChI is InChI=1S/C13H29N3/c1-5-13(10-15(4)12(2)3)11-16-8-6-14-7-9-16/h12-14H,5-11H2,1-4H3/t13-/m0/s1. The van der Waals surface area contributed by atoms with Crippen molar-refractivity contribution in [2.24, 2.45) is 5.92 Å². The third-order valence-corrected chi connectivity index (χ3v) is 3.73. The maximum atomic E-state index is 3.41. The maximum Gasteiger partial charge on any atom is 0.0107 e. The molecule has 1 rings (SSSR count). The average Bonchev–Trinajstić information content (AvgIpc) is 2.29.